The molecule has 0 radical (unpaired) electrons. The van der Waals surface area contributed by atoms with Gasteiger partial charge in [0, 0.05) is 43.4 Å². The molecule has 2 amide bonds. The number of imidazole rings is 1. The first-order chi connectivity index (χ1) is 20.4. The second-order valence-electron chi connectivity index (χ2n) is 13.0. The molecule has 1 unspecified atom stereocenters. The highest BCUT2D eigenvalue weighted by molar-refractivity contribution is 6.74. The Bertz CT molecular complexity index is 1550. The maximum atomic E-state index is 14.1. The number of aromatic hydroxyl groups is 1. The van der Waals surface area contributed by atoms with Crippen LogP contribution >= 0.6 is 0 Å². The molecule has 7 nitrogen and oxygen atoms in total. The molecule has 4 aromatic rings. The van der Waals surface area contributed by atoms with Gasteiger partial charge in [-0.25, -0.2) is 9.78 Å². The Hall–Kier alpha value is -3.88. The molecule has 1 atom stereocenters. The van der Waals surface area contributed by atoms with E-state index in [1.807, 2.05) is 66.5 Å². The van der Waals surface area contributed by atoms with Crippen LogP contribution in [0.2, 0.25) is 18.1 Å². The molecule has 0 bridgehead atoms. The van der Waals surface area contributed by atoms with Crippen molar-refractivity contribution in [1.29, 1.82) is 0 Å². The fourth-order valence-electron chi connectivity index (χ4n) is 5.34. The van der Waals surface area contributed by atoms with E-state index >= 15 is 0 Å². The molecular formula is C35H44N4O3Si. The van der Waals surface area contributed by atoms with Crippen molar-refractivity contribution in [1.82, 2.24) is 14.5 Å². The summed E-state index contributed by atoms with van der Waals surface area (Å²) in [5.74, 6) is 1.14. The summed E-state index contributed by atoms with van der Waals surface area (Å²) in [7, 11) is -0.234. The van der Waals surface area contributed by atoms with Crippen LogP contribution < -0.4 is 4.90 Å². The van der Waals surface area contributed by atoms with Gasteiger partial charge in [-0.2, -0.15) is 0 Å². The number of hydrogen-bond donors (Lipinski definition) is 1. The second-order valence-corrected chi connectivity index (χ2v) is 17.8. The van der Waals surface area contributed by atoms with Crippen molar-refractivity contribution in [2.75, 3.05) is 18.6 Å². The van der Waals surface area contributed by atoms with Gasteiger partial charge >= 0.3 is 6.03 Å². The van der Waals surface area contributed by atoms with E-state index in [2.05, 4.69) is 62.7 Å². The third-order valence-corrected chi connectivity index (χ3v) is 13.6. The number of nitrogens with zero attached hydrogens (tertiary/aromatic N) is 4. The highest BCUT2D eigenvalue weighted by Gasteiger charge is 2.41. The summed E-state index contributed by atoms with van der Waals surface area (Å²) < 4.78 is 9.05. The number of hydrogen-bond acceptors (Lipinski definition) is 4. The summed E-state index contributed by atoms with van der Waals surface area (Å²) in [6, 6.07) is 27.3. The molecule has 226 valence electrons. The maximum Gasteiger partial charge on any atom is 0.324 e. The summed E-state index contributed by atoms with van der Waals surface area (Å²) >= 11 is 0. The molecule has 3 aromatic carbocycles. The Labute approximate surface area is 256 Å². The predicted octanol–water partition coefficient (Wildman–Crippen LogP) is 7.23. The van der Waals surface area contributed by atoms with E-state index in [0.29, 0.717) is 32.5 Å². The number of urea groups is 1. The van der Waals surface area contributed by atoms with Crippen LogP contribution in [0, 0.1) is 0 Å². The van der Waals surface area contributed by atoms with Crippen molar-refractivity contribution in [2.45, 2.75) is 70.9 Å². The number of aromatic nitrogens is 2. The third-order valence-electron chi connectivity index (χ3n) is 9.07. The predicted molar refractivity (Wildman–Crippen MR) is 175 cm³/mol. The standard InChI is InChI=1S/C35H44N4O3Si/c1-35(2,3)43(5,6)42-25-29-22-31-30(24-38(29)34(41)37(4)28-18-11-8-12-19-28)36-33(21-27-17-13-14-20-32(27)40)39(31)23-26-15-9-7-10-16-26/h7-20,29,40H,21-25H2,1-6H3. The van der Waals surface area contributed by atoms with E-state index in [1.54, 1.807) is 11.0 Å². The van der Waals surface area contributed by atoms with Crippen LogP contribution in [0.3, 0.4) is 0 Å². The van der Waals surface area contributed by atoms with Gasteiger partial charge in [0.2, 0.25) is 0 Å². The highest BCUT2D eigenvalue weighted by atomic mass is 28.4. The molecule has 0 saturated carbocycles. The molecule has 43 heavy (non-hydrogen) atoms. The number of amides is 2. The van der Waals surface area contributed by atoms with Crippen molar-refractivity contribution < 1.29 is 14.3 Å². The van der Waals surface area contributed by atoms with Crippen LogP contribution in [-0.2, 0) is 30.4 Å². The number of carbonyl (C=O) groups is 1. The number of rotatable bonds is 8. The zero-order chi connectivity index (χ0) is 30.8. The van der Waals surface area contributed by atoms with E-state index in [4.69, 9.17) is 9.41 Å². The molecule has 0 saturated heterocycles. The molecule has 0 fully saturated rings. The molecule has 8 heteroatoms. The van der Waals surface area contributed by atoms with Gasteiger partial charge in [-0.1, -0.05) is 87.5 Å². The Balaban J connectivity index is 1.54. The minimum Gasteiger partial charge on any atom is -0.508 e. The van der Waals surface area contributed by atoms with E-state index < -0.39 is 8.32 Å². The Kier molecular flexibility index (Phi) is 8.80. The van der Waals surface area contributed by atoms with Crippen molar-refractivity contribution in [3.8, 4) is 5.75 Å². The van der Waals surface area contributed by atoms with Gasteiger partial charge in [-0.15, -0.1) is 0 Å². The summed E-state index contributed by atoms with van der Waals surface area (Å²) in [4.78, 5) is 22.9. The van der Waals surface area contributed by atoms with E-state index in [9.17, 15) is 9.90 Å². The van der Waals surface area contributed by atoms with Crippen LogP contribution in [0.5, 0.6) is 5.75 Å². The number of para-hydroxylation sites is 2. The molecule has 0 aliphatic carbocycles. The fourth-order valence-corrected chi connectivity index (χ4v) is 6.38. The van der Waals surface area contributed by atoms with Crippen LogP contribution in [0.15, 0.2) is 84.9 Å². The van der Waals surface area contributed by atoms with Crippen molar-refractivity contribution in [3.63, 3.8) is 0 Å². The van der Waals surface area contributed by atoms with E-state index in [1.165, 1.54) is 5.56 Å². The lowest BCUT2D eigenvalue weighted by Gasteiger charge is -2.41. The van der Waals surface area contributed by atoms with Gasteiger partial charge < -0.3 is 19.0 Å². The van der Waals surface area contributed by atoms with Gasteiger partial charge in [0.25, 0.3) is 0 Å². The number of carbonyl (C=O) groups excluding carboxylic acids is 1. The van der Waals surface area contributed by atoms with Crippen LogP contribution in [0.4, 0.5) is 10.5 Å². The minimum absolute atomic E-state index is 0.0580. The number of phenols is 1. The van der Waals surface area contributed by atoms with Crippen molar-refractivity contribution >= 4 is 20.0 Å². The largest absolute Gasteiger partial charge is 0.508 e. The SMILES string of the molecule is CN(C(=O)N1Cc2nc(Cc3ccccc3O)n(Cc3ccccc3)c2CC1CO[Si](C)(C)C(C)(C)C)c1ccccc1. The fraction of sp³-hybridized carbons (Fsp3) is 0.371. The number of anilines is 1. The average molecular weight is 597 g/mol. The molecule has 2 heterocycles. The lowest BCUT2D eigenvalue weighted by atomic mass is 10.0. The molecule has 1 aromatic heterocycles. The number of phenolic OH excluding ortho intramolecular Hbond substituents is 1. The first-order valence-electron chi connectivity index (χ1n) is 15.1. The van der Waals surface area contributed by atoms with E-state index in [0.717, 1.165) is 28.5 Å². The van der Waals surface area contributed by atoms with Crippen molar-refractivity contribution in [3.05, 3.63) is 113 Å². The first-order valence-corrected chi connectivity index (χ1v) is 18.0. The second kappa shape index (κ2) is 12.4. The number of fused-ring (bicyclic) bond motifs is 1. The van der Waals surface area contributed by atoms with Gasteiger partial charge in [0.05, 0.1) is 24.9 Å². The molecule has 1 aliphatic heterocycles. The zero-order valence-electron chi connectivity index (χ0n) is 26.2. The van der Waals surface area contributed by atoms with Crippen LogP contribution in [-0.4, -0.2) is 53.6 Å². The monoisotopic (exact) mass is 596 g/mol. The van der Waals surface area contributed by atoms with Gasteiger partial charge in [-0.3, -0.25) is 4.90 Å². The van der Waals surface area contributed by atoms with Crippen LogP contribution in [0.1, 0.15) is 49.1 Å². The van der Waals surface area contributed by atoms with Crippen LogP contribution in [0.25, 0.3) is 0 Å². The van der Waals surface area contributed by atoms with Gasteiger partial charge in [0.15, 0.2) is 8.32 Å². The molecule has 1 aliphatic rings. The Morgan fingerprint density at radius 1 is 1.00 bits per heavy atom. The Morgan fingerprint density at radius 2 is 1.63 bits per heavy atom. The van der Waals surface area contributed by atoms with Gasteiger partial charge in [0.1, 0.15) is 11.6 Å². The lowest BCUT2D eigenvalue weighted by molar-refractivity contribution is 0.126. The molecule has 0 spiro atoms. The molecule has 5 rings (SSSR count). The summed E-state index contributed by atoms with van der Waals surface area (Å²) in [5, 5.41) is 10.6. The van der Waals surface area contributed by atoms with E-state index in [-0.39, 0.29) is 22.9 Å². The summed E-state index contributed by atoms with van der Waals surface area (Å²) in [6.45, 7) is 12.8. The number of benzene rings is 3. The smallest absolute Gasteiger partial charge is 0.324 e. The first kappa shape index (κ1) is 30.6. The lowest BCUT2D eigenvalue weighted by Crippen LogP contribution is -2.53. The normalized spacial score (nSPS) is 15.3. The third kappa shape index (κ3) is 6.70. The summed E-state index contributed by atoms with van der Waals surface area (Å²) in [5.41, 5.74) is 4.88. The van der Waals surface area contributed by atoms with Gasteiger partial charge in [-0.05, 0) is 41.9 Å². The highest BCUT2D eigenvalue weighted by Crippen LogP contribution is 2.37. The Morgan fingerprint density at radius 3 is 2.28 bits per heavy atom. The molecule has 1 N–H and O–H groups in total. The topological polar surface area (TPSA) is 70.8 Å². The quantitative estimate of drug-likeness (QED) is 0.218. The van der Waals surface area contributed by atoms with Crippen molar-refractivity contribution in [2.24, 2.45) is 0 Å². The summed E-state index contributed by atoms with van der Waals surface area (Å²) in [6.07, 6.45) is 1.13. The zero-order valence-corrected chi connectivity index (χ0v) is 27.2. The minimum atomic E-state index is -2.06. The average Bonchev–Trinajstić information content (AvgIpc) is 3.31. The maximum absolute atomic E-state index is 14.1. The molecular weight excluding hydrogens is 552 g/mol.